The highest BCUT2D eigenvalue weighted by atomic mass is 32.1. The Morgan fingerprint density at radius 1 is 1.33 bits per heavy atom. The summed E-state index contributed by atoms with van der Waals surface area (Å²) >= 11 is 1.82. The molecule has 1 saturated carbocycles. The molecule has 1 aromatic heterocycles. The fraction of sp³-hybridized carbons (Fsp3) is 0.571. The molecule has 1 unspecified atom stereocenters. The molecular weight excluding hydrogens is 243 g/mol. The summed E-state index contributed by atoms with van der Waals surface area (Å²) in [7, 11) is 0.0415. The lowest BCUT2D eigenvalue weighted by Gasteiger charge is -2.26. The van der Waals surface area contributed by atoms with E-state index in [1.165, 1.54) is 30.6 Å². The van der Waals surface area contributed by atoms with Crippen molar-refractivity contribution in [3.63, 3.8) is 0 Å². The first-order chi connectivity index (χ1) is 8.92. The molecule has 2 fully saturated rings. The van der Waals surface area contributed by atoms with E-state index in [0.29, 0.717) is 5.92 Å². The van der Waals surface area contributed by atoms with Crippen molar-refractivity contribution in [2.45, 2.75) is 32.0 Å². The van der Waals surface area contributed by atoms with Gasteiger partial charge in [-0.1, -0.05) is 18.1 Å². The van der Waals surface area contributed by atoms with Crippen LogP contribution in [0.4, 0.5) is 0 Å². The van der Waals surface area contributed by atoms with Crippen molar-refractivity contribution in [1.29, 1.82) is 0 Å². The zero-order chi connectivity index (χ0) is 12.2. The lowest BCUT2D eigenvalue weighted by Crippen LogP contribution is -2.21. The number of allylic oxidation sites excluding steroid dienone is 1. The minimum atomic E-state index is 0.0415. The van der Waals surface area contributed by atoms with Crippen molar-refractivity contribution < 1.29 is 9.31 Å². The van der Waals surface area contributed by atoms with Gasteiger partial charge in [0.25, 0.3) is 0 Å². The highest BCUT2D eigenvalue weighted by molar-refractivity contribution is 7.10. The van der Waals surface area contributed by atoms with Crippen LogP contribution in [0.3, 0.4) is 0 Å². The van der Waals surface area contributed by atoms with Crippen LogP contribution in [0.25, 0.3) is 6.08 Å². The van der Waals surface area contributed by atoms with E-state index in [1.807, 2.05) is 11.3 Å². The fourth-order valence-electron chi connectivity index (χ4n) is 2.90. The molecule has 3 rings (SSSR count). The minimum absolute atomic E-state index is 0.0415. The largest absolute Gasteiger partial charge is 0.457 e. The molecular formula is C14H19BO2S. The second kappa shape index (κ2) is 6.05. The highest BCUT2D eigenvalue weighted by Crippen LogP contribution is 2.35. The Balaban J connectivity index is 1.69. The Labute approximate surface area is 113 Å². The van der Waals surface area contributed by atoms with Crippen LogP contribution < -0.4 is 0 Å². The Bertz CT molecular complexity index is 396. The molecule has 0 aromatic carbocycles. The van der Waals surface area contributed by atoms with Gasteiger partial charge < -0.3 is 9.31 Å². The molecule has 0 spiro atoms. The molecule has 0 amide bonds. The van der Waals surface area contributed by atoms with Crippen molar-refractivity contribution in [3.05, 3.63) is 28.0 Å². The number of rotatable bonds is 3. The Hall–Kier alpha value is -0.575. The first-order valence-electron chi connectivity index (χ1n) is 6.89. The quantitative estimate of drug-likeness (QED) is 0.770. The maximum absolute atomic E-state index is 5.59. The third-order valence-corrected chi connectivity index (χ3v) is 4.65. The summed E-state index contributed by atoms with van der Waals surface area (Å²) in [4.78, 5) is 1.38. The van der Waals surface area contributed by atoms with Crippen molar-refractivity contribution in [3.8, 4) is 0 Å². The second-order valence-electron chi connectivity index (χ2n) is 5.08. The third-order valence-electron chi connectivity index (χ3n) is 3.83. The highest BCUT2D eigenvalue weighted by Gasteiger charge is 2.30. The van der Waals surface area contributed by atoms with Gasteiger partial charge in [-0.15, -0.1) is 11.3 Å². The van der Waals surface area contributed by atoms with Crippen LogP contribution in [0, 0.1) is 5.92 Å². The van der Waals surface area contributed by atoms with Gasteiger partial charge in [0.2, 0.25) is 0 Å². The number of hydrogen-bond donors (Lipinski definition) is 0. The van der Waals surface area contributed by atoms with Crippen LogP contribution in [0.5, 0.6) is 0 Å². The molecule has 1 saturated heterocycles. The Kier molecular flexibility index (Phi) is 4.18. The molecule has 0 bridgehead atoms. The van der Waals surface area contributed by atoms with Gasteiger partial charge in [-0.05, 0) is 49.0 Å². The molecule has 2 heterocycles. The van der Waals surface area contributed by atoms with Crippen molar-refractivity contribution in [1.82, 2.24) is 0 Å². The molecule has 0 radical (unpaired) electrons. The predicted molar refractivity (Wildman–Crippen MR) is 76.7 cm³/mol. The number of thiophene rings is 1. The molecule has 2 aliphatic rings. The van der Waals surface area contributed by atoms with E-state index in [9.17, 15) is 0 Å². The normalized spacial score (nSPS) is 27.0. The van der Waals surface area contributed by atoms with Gasteiger partial charge in [-0.2, -0.15) is 0 Å². The monoisotopic (exact) mass is 262 g/mol. The van der Waals surface area contributed by atoms with Crippen LogP contribution in [0.1, 0.15) is 30.6 Å². The van der Waals surface area contributed by atoms with Gasteiger partial charge in [0.1, 0.15) is 0 Å². The minimum Gasteiger partial charge on any atom is -0.409 e. The molecule has 1 aliphatic heterocycles. The van der Waals surface area contributed by atoms with E-state index in [2.05, 4.69) is 23.6 Å². The zero-order valence-corrected chi connectivity index (χ0v) is 11.5. The van der Waals surface area contributed by atoms with E-state index in [0.717, 1.165) is 19.5 Å². The van der Waals surface area contributed by atoms with Crippen LogP contribution in [-0.2, 0) is 9.31 Å². The first-order valence-corrected chi connectivity index (χ1v) is 7.77. The summed E-state index contributed by atoms with van der Waals surface area (Å²) in [6.45, 7) is 1.53. The summed E-state index contributed by atoms with van der Waals surface area (Å²) in [6, 6.07) is 4.32. The van der Waals surface area contributed by atoms with Gasteiger partial charge >= 0.3 is 7.12 Å². The van der Waals surface area contributed by atoms with Crippen molar-refractivity contribution in [2.24, 2.45) is 5.92 Å². The van der Waals surface area contributed by atoms with E-state index < -0.39 is 0 Å². The Morgan fingerprint density at radius 3 is 3.00 bits per heavy atom. The fourth-order valence-corrected chi connectivity index (χ4v) is 3.59. The summed E-state index contributed by atoms with van der Waals surface area (Å²) in [5.74, 6) is 0.656. The van der Waals surface area contributed by atoms with Crippen LogP contribution in [0.15, 0.2) is 23.1 Å². The topological polar surface area (TPSA) is 18.5 Å². The summed E-state index contributed by atoms with van der Waals surface area (Å²) < 4.78 is 11.2. The van der Waals surface area contributed by atoms with Crippen LogP contribution in [0.2, 0.25) is 6.32 Å². The maximum Gasteiger partial charge on any atom is 0.457 e. The average Bonchev–Trinajstić information content (AvgIpc) is 3.05. The second-order valence-corrected chi connectivity index (χ2v) is 6.06. The summed E-state index contributed by atoms with van der Waals surface area (Å²) in [5.41, 5.74) is 1.60. The van der Waals surface area contributed by atoms with Gasteiger partial charge in [0, 0.05) is 4.88 Å². The molecule has 2 nitrogen and oxygen atoms in total. The van der Waals surface area contributed by atoms with Crippen molar-refractivity contribution >= 4 is 24.5 Å². The van der Waals surface area contributed by atoms with Gasteiger partial charge in [0.15, 0.2) is 0 Å². The maximum atomic E-state index is 5.59. The predicted octanol–water partition coefficient (Wildman–Crippen LogP) is 3.86. The zero-order valence-electron chi connectivity index (χ0n) is 10.6. The SMILES string of the molecule is C(=C1\CCCCC1CB1OCCO1)/c1cccs1. The van der Waals surface area contributed by atoms with E-state index in [4.69, 9.17) is 9.31 Å². The standard InChI is InChI=1S/C14H19BO2S/c1-2-5-13(11-15-16-7-8-17-15)12(4-1)10-14-6-3-9-18-14/h3,6,9-10,13H,1-2,4-5,7-8,11H2/b12-10-. The van der Waals surface area contributed by atoms with Gasteiger partial charge in [-0.25, -0.2) is 0 Å². The molecule has 1 aromatic rings. The lowest BCUT2D eigenvalue weighted by atomic mass is 9.70. The smallest absolute Gasteiger partial charge is 0.409 e. The molecule has 4 heteroatoms. The van der Waals surface area contributed by atoms with E-state index in [1.54, 1.807) is 5.57 Å². The van der Waals surface area contributed by atoms with Gasteiger partial charge in [-0.3, -0.25) is 0 Å². The lowest BCUT2D eigenvalue weighted by molar-refractivity contribution is 0.354. The molecule has 0 N–H and O–H groups in total. The third kappa shape index (κ3) is 3.05. The first kappa shape index (κ1) is 12.5. The number of hydrogen-bond acceptors (Lipinski definition) is 3. The van der Waals surface area contributed by atoms with Crippen LogP contribution in [-0.4, -0.2) is 20.3 Å². The van der Waals surface area contributed by atoms with E-state index in [-0.39, 0.29) is 7.12 Å². The van der Waals surface area contributed by atoms with Crippen molar-refractivity contribution in [2.75, 3.05) is 13.2 Å². The summed E-state index contributed by atoms with van der Waals surface area (Å²) in [5, 5.41) is 2.15. The van der Waals surface area contributed by atoms with E-state index >= 15 is 0 Å². The Morgan fingerprint density at radius 2 is 2.22 bits per heavy atom. The molecule has 1 atom stereocenters. The molecule has 1 aliphatic carbocycles. The summed E-state index contributed by atoms with van der Waals surface area (Å²) in [6.07, 6.45) is 8.65. The van der Waals surface area contributed by atoms with Crippen LogP contribution >= 0.6 is 11.3 Å². The molecule has 18 heavy (non-hydrogen) atoms. The van der Waals surface area contributed by atoms with Gasteiger partial charge in [0.05, 0.1) is 13.2 Å². The average molecular weight is 262 g/mol. The molecule has 96 valence electrons.